The van der Waals surface area contributed by atoms with Crippen LogP contribution in [0, 0.1) is 30.6 Å². The summed E-state index contributed by atoms with van der Waals surface area (Å²) in [6.07, 6.45) is 8.42. The van der Waals surface area contributed by atoms with Gasteiger partial charge in [-0.3, -0.25) is 19.2 Å². The molecule has 336 valence electrons. The van der Waals surface area contributed by atoms with Crippen molar-refractivity contribution in [1.29, 1.82) is 0 Å². The molecule has 1 saturated heterocycles. The molecule has 0 aliphatic carbocycles. The van der Waals surface area contributed by atoms with Gasteiger partial charge in [0.2, 0.25) is 18.2 Å². The quantitative estimate of drug-likeness (QED) is 0.119. The maximum absolute atomic E-state index is 12.2. The fraction of sp³-hybridized carbons (Fsp3) is 0.756. The number of rotatable bonds is 15. The van der Waals surface area contributed by atoms with Crippen LogP contribution in [0.2, 0.25) is 0 Å². The third kappa shape index (κ3) is 34.4. The van der Waals surface area contributed by atoms with Gasteiger partial charge >= 0.3 is 5.97 Å². The van der Waals surface area contributed by atoms with Crippen LogP contribution >= 0.6 is 0 Å². The van der Waals surface area contributed by atoms with Crippen LogP contribution in [-0.4, -0.2) is 98.9 Å². The lowest BCUT2D eigenvalue weighted by molar-refractivity contribution is -0.142. The number of esters is 1. The predicted octanol–water partition coefficient (Wildman–Crippen LogP) is 7.56. The number of aldehydes is 1. The third-order valence-corrected chi connectivity index (χ3v) is 9.54. The Labute approximate surface area is 349 Å². The number of primary amides is 2. The topological polar surface area (TPSA) is 188 Å². The second kappa shape index (κ2) is 39.5. The van der Waals surface area contributed by atoms with E-state index in [-0.39, 0.29) is 30.4 Å². The van der Waals surface area contributed by atoms with E-state index in [1.807, 2.05) is 52.9 Å². The van der Waals surface area contributed by atoms with E-state index in [9.17, 15) is 19.2 Å². The molecule has 12 heteroatoms. The average molecular weight is 812 g/mol. The summed E-state index contributed by atoms with van der Waals surface area (Å²) < 4.78 is 10.1. The van der Waals surface area contributed by atoms with E-state index in [1.54, 1.807) is 25.9 Å². The van der Waals surface area contributed by atoms with E-state index < -0.39 is 11.4 Å². The van der Waals surface area contributed by atoms with Crippen LogP contribution in [0.3, 0.4) is 0 Å². The van der Waals surface area contributed by atoms with E-state index in [0.717, 1.165) is 12.7 Å². The molecule has 12 nitrogen and oxygen atoms in total. The van der Waals surface area contributed by atoms with Gasteiger partial charge in [0.15, 0.2) is 0 Å². The molecular weight excluding hydrogens is 723 g/mol. The Morgan fingerprint density at radius 2 is 1.42 bits per heavy atom. The second-order valence-electron chi connectivity index (χ2n) is 15.3. The first-order valence-corrected chi connectivity index (χ1v) is 20.9. The number of likely N-dealkylation sites (N-methyl/N-ethyl adjacent to an activating group) is 1. The minimum atomic E-state index is -0.861. The molecule has 6 atom stereocenters. The van der Waals surface area contributed by atoms with Crippen molar-refractivity contribution in [2.24, 2.45) is 40.9 Å². The zero-order chi connectivity index (χ0) is 45.7. The number of carbonyl (C=O) groups excluding carboxylic acids is 5. The fourth-order valence-corrected chi connectivity index (χ4v) is 5.41. The molecular formula is C45H89N5O7. The van der Waals surface area contributed by atoms with Gasteiger partial charge in [-0.15, -0.1) is 0 Å². The van der Waals surface area contributed by atoms with Crippen LogP contribution in [0.5, 0.6) is 0 Å². The van der Waals surface area contributed by atoms with Crippen LogP contribution in [0.15, 0.2) is 30.3 Å². The number of nitrogens with zero attached hydrogens (tertiary/aromatic N) is 2. The van der Waals surface area contributed by atoms with Gasteiger partial charge in [0.25, 0.3) is 0 Å². The van der Waals surface area contributed by atoms with E-state index in [1.165, 1.54) is 44.9 Å². The number of hydrogen-bond donors (Lipinski definition) is 3. The molecule has 0 radical (unpaired) electrons. The normalized spacial score (nSPS) is 15.5. The standard InChI is InChI=1S/C15H29NO3.C12H23NO2.C7H8.C4H10N2O.C4H10.C2H6.CH3NO/c1-7-12(4)15(13(19-6)8-9-17)16(5)14(18)10-11(2)3;1-9(8-12(14)15-4)10(2)11-6-5-7-13(11)3;1-7-5-3-2-4-6-7;1-4(2,6)3(5)7;1-3-4-2;1-2;2-1-3/h9,11-13,15H,7-8,10H2,1-6H3;9-11H,5-8H2,1-4H3;2-6H,1H3;6H2,1-2H3,(H2,5,7);3-4H2,1-2H3;1-2H3;1H,(H2,2,3). The number of nitrogens with two attached hydrogens (primary N) is 3. The van der Waals surface area contributed by atoms with Crippen molar-refractivity contribution in [2.75, 3.05) is 34.9 Å². The summed E-state index contributed by atoms with van der Waals surface area (Å²) in [6, 6.07) is 10.9. The van der Waals surface area contributed by atoms with E-state index in [4.69, 9.17) is 25.7 Å². The molecule has 1 fully saturated rings. The average Bonchev–Trinajstić information content (AvgIpc) is 3.60. The van der Waals surface area contributed by atoms with Crippen LogP contribution in [0.1, 0.15) is 140 Å². The van der Waals surface area contributed by atoms with Crippen LogP contribution < -0.4 is 17.2 Å². The lowest BCUT2D eigenvalue weighted by atomic mass is 9.85. The first kappa shape index (κ1) is 62.8. The Morgan fingerprint density at radius 1 is 0.947 bits per heavy atom. The molecule has 6 N–H and O–H groups in total. The first-order chi connectivity index (χ1) is 26.6. The monoisotopic (exact) mass is 812 g/mol. The highest BCUT2D eigenvalue weighted by Gasteiger charge is 2.32. The number of likely N-dealkylation sites (tertiary alicyclic amines) is 1. The largest absolute Gasteiger partial charge is 0.469 e. The summed E-state index contributed by atoms with van der Waals surface area (Å²) in [4.78, 5) is 57.1. The lowest BCUT2D eigenvalue weighted by Crippen LogP contribution is -2.49. The molecule has 3 amide bonds. The predicted molar refractivity (Wildman–Crippen MR) is 238 cm³/mol. The highest BCUT2D eigenvalue weighted by Crippen LogP contribution is 2.29. The zero-order valence-corrected chi connectivity index (χ0v) is 39.4. The molecule has 6 unspecified atom stereocenters. The number of ether oxygens (including phenoxy) is 2. The van der Waals surface area contributed by atoms with Gasteiger partial charge in [0.05, 0.1) is 24.8 Å². The Morgan fingerprint density at radius 3 is 1.70 bits per heavy atom. The van der Waals surface area contributed by atoms with Crippen molar-refractivity contribution in [3.63, 3.8) is 0 Å². The molecule has 57 heavy (non-hydrogen) atoms. The molecule has 1 aromatic carbocycles. The lowest BCUT2D eigenvalue weighted by Gasteiger charge is -2.37. The molecule has 0 spiro atoms. The Balaban J connectivity index is -0.000000208. The number of unbranched alkanes of at least 4 members (excludes halogenated alkanes) is 1. The maximum Gasteiger partial charge on any atom is 0.305 e. The highest BCUT2D eigenvalue weighted by molar-refractivity contribution is 5.83. The summed E-state index contributed by atoms with van der Waals surface area (Å²) in [5, 5.41) is 0. The zero-order valence-electron chi connectivity index (χ0n) is 39.4. The van der Waals surface area contributed by atoms with Crippen molar-refractivity contribution >= 4 is 30.5 Å². The molecule has 1 aromatic rings. The number of benzene rings is 1. The first-order valence-electron chi connectivity index (χ1n) is 20.9. The number of carbonyl (C=O) groups is 5. The Bertz CT molecular complexity index is 1110. The van der Waals surface area contributed by atoms with Crippen molar-refractivity contribution < 1.29 is 33.4 Å². The Hall–Kier alpha value is -3.35. The van der Waals surface area contributed by atoms with Crippen molar-refractivity contribution in [2.45, 2.75) is 165 Å². The van der Waals surface area contributed by atoms with Crippen molar-refractivity contribution in [3.8, 4) is 0 Å². The number of amides is 3. The van der Waals surface area contributed by atoms with E-state index in [2.05, 4.69) is 78.3 Å². The molecule has 1 heterocycles. The van der Waals surface area contributed by atoms with E-state index in [0.29, 0.717) is 49.0 Å². The van der Waals surface area contributed by atoms with Gasteiger partial charge in [-0.05, 0) is 70.9 Å². The van der Waals surface area contributed by atoms with Crippen molar-refractivity contribution in [3.05, 3.63) is 35.9 Å². The summed E-state index contributed by atoms with van der Waals surface area (Å²) >= 11 is 0. The molecule has 0 aromatic heterocycles. The summed E-state index contributed by atoms with van der Waals surface area (Å²) in [5.41, 5.74) is 14.6. The molecule has 1 aliphatic rings. The summed E-state index contributed by atoms with van der Waals surface area (Å²) in [7, 11) is 7.06. The number of hydrogen-bond acceptors (Lipinski definition) is 9. The fourth-order valence-electron chi connectivity index (χ4n) is 5.41. The summed E-state index contributed by atoms with van der Waals surface area (Å²) in [5.74, 6) is 1.15. The highest BCUT2D eigenvalue weighted by atomic mass is 16.5. The summed E-state index contributed by atoms with van der Waals surface area (Å²) in [6.45, 7) is 27.4. The maximum atomic E-state index is 12.2. The van der Waals surface area contributed by atoms with Gasteiger partial charge in [-0.25, -0.2) is 0 Å². The smallest absolute Gasteiger partial charge is 0.305 e. The molecule has 1 aliphatic heterocycles. The third-order valence-electron chi connectivity index (χ3n) is 9.54. The van der Waals surface area contributed by atoms with Gasteiger partial charge in [0, 0.05) is 39.5 Å². The van der Waals surface area contributed by atoms with Crippen molar-refractivity contribution in [1.82, 2.24) is 9.80 Å². The number of methoxy groups -OCH3 is 2. The van der Waals surface area contributed by atoms with Gasteiger partial charge in [0.1, 0.15) is 6.29 Å². The molecule has 0 saturated carbocycles. The molecule has 2 rings (SSSR count). The van der Waals surface area contributed by atoms with Gasteiger partial charge in [-0.1, -0.05) is 124 Å². The SMILES string of the molecule is CC.CC(C)(N)C(N)=O.CCC(C)C(C(CC=O)OC)N(C)C(=O)CC(C)C.CCCC.COC(=O)CC(C)C(C)C1CCCN1C.Cc1ccccc1.NC=O. The van der Waals surface area contributed by atoms with Gasteiger partial charge < -0.3 is 41.3 Å². The molecule has 0 bridgehead atoms. The van der Waals surface area contributed by atoms with Gasteiger partial charge in [-0.2, -0.15) is 0 Å². The minimum Gasteiger partial charge on any atom is -0.469 e. The van der Waals surface area contributed by atoms with E-state index >= 15 is 0 Å². The van der Waals surface area contributed by atoms with Crippen LogP contribution in [0.4, 0.5) is 0 Å². The number of aryl methyl sites for hydroxylation is 1. The second-order valence-corrected chi connectivity index (χ2v) is 15.3. The van der Waals surface area contributed by atoms with Crippen LogP contribution in [-0.2, 0) is 33.4 Å². The minimum absolute atomic E-state index is 0.0496. The van der Waals surface area contributed by atoms with Crippen LogP contribution in [0.25, 0.3) is 0 Å². The Kier molecular flexibility index (Phi) is 43.5.